The number of unbranched alkanes of at least 4 members (excludes halogenated alkanes) is 3. The van der Waals surface area contributed by atoms with Gasteiger partial charge >= 0.3 is 0 Å². The van der Waals surface area contributed by atoms with Gasteiger partial charge < -0.3 is 0 Å². The fraction of sp³-hybridized carbons (Fsp3) is 0.688. The van der Waals surface area contributed by atoms with Crippen molar-refractivity contribution in [1.82, 2.24) is 4.98 Å². The third-order valence-electron chi connectivity index (χ3n) is 3.91. The normalized spacial score (nSPS) is 14.4. The van der Waals surface area contributed by atoms with E-state index in [1.54, 1.807) is 0 Å². The summed E-state index contributed by atoms with van der Waals surface area (Å²) in [4.78, 5) is 4.17. The van der Waals surface area contributed by atoms with Crippen LogP contribution >= 0.6 is 11.6 Å². The average Bonchev–Trinajstić information content (AvgIpc) is 2.38. The van der Waals surface area contributed by atoms with Crippen LogP contribution in [-0.4, -0.2) is 4.98 Å². The van der Waals surface area contributed by atoms with Crippen LogP contribution in [-0.2, 0) is 6.42 Å². The van der Waals surface area contributed by atoms with Gasteiger partial charge in [-0.25, -0.2) is 4.98 Å². The summed E-state index contributed by atoms with van der Waals surface area (Å²) in [6.45, 7) is 6.95. The summed E-state index contributed by atoms with van der Waals surface area (Å²) in [6, 6.07) is 4.00. The Morgan fingerprint density at radius 1 is 1.17 bits per heavy atom. The Hall–Kier alpha value is -0.560. The van der Waals surface area contributed by atoms with Gasteiger partial charge in [0.15, 0.2) is 0 Å². The van der Waals surface area contributed by atoms with Crippen molar-refractivity contribution >= 4 is 11.6 Å². The summed E-state index contributed by atoms with van der Waals surface area (Å²) in [5.74, 6) is 0. The molecule has 0 amide bonds. The highest BCUT2D eigenvalue weighted by Gasteiger charge is 2.22. The predicted molar refractivity (Wildman–Crippen MR) is 80.1 cm³/mol. The molecule has 1 unspecified atom stereocenters. The van der Waals surface area contributed by atoms with Gasteiger partial charge in [-0.1, -0.05) is 70.5 Å². The van der Waals surface area contributed by atoms with Crippen molar-refractivity contribution in [1.29, 1.82) is 0 Å². The number of aromatic nitrogens is 1. The van der Waals surface area contributed by atoms with E-state index in [-0.39, 0.29) is 0 Å². The van der Waals surface area contributed by atoms with Gasteiger partial charge in [0.1, 0.15) is 5.15 Å². The van der Waals surface area contributed by atoms with E-state index in [0.29, 0.717) is 10.6 Å². The first-order valence-electron chi connectivity index (χ1n) is 7.20. The molecule has 1 atom stereocenters. The van der Waals surface area contributed by atoms with Gasteiger partial charge in [-0.3, -0.25) is 0 Å². The number of nitrogens with zero attached hydrogens (tertiary/aromatic N) is 1. The van der Waals surface area contributed by atoms with Crippen LogP contribution in [0, 0.1) is 5.41 Å². The first-order valence-corrected chi connectivity index (χ1v) is 7.58. The lowest BCUT2D eigenvalue weighted by molar-refractivity contribution is 0.270. The molecule has 0 aliphatic carbocycles. The van der Waals surface area contributed by atoms with Crippen molar-refractivity contribution in [3.8, 4) is 0 Å². The maximum atomic E-state index is 5.82. The Morgan fingerprint density at radius 3 is 2.50 bits per heavy atom. The Labute approximate surface area is 117 Å². The monoisotopic (exact) mass is 267 g/mol. The Bertz CT molecular complexity index is 333. The zero-order chi connectivity index (χ0) is 13.4. The van der Waals surface area contributed by atoms with Crippen LogP contribution in [0.2, 0.25) is 5.15 Å². The highest BCUT2D eigenvalue weighted by molar-refractivity contribution is 6.29. The Morgan fingerprint density at radius 2 is 1.94 bits per heavy atom. The molecule has 1 rings (SSSR count). The van der Waals surface area contributed by atoms with E-state index in [4.69, 9.17) is 11.6 Å². The van der Waals surface area contributed by atoms with E-state index in [2.05, 4.69) is 31.8 Å². The molecule has 2 heteroatoms. The van der Waals surface area contributed by atoms with Crippen molar-refractivity contribution in [2.24, 2.45) is 5.41 Å². The molecule has 0 saturated carbocycles. The fourth-order valence-corrected chi connectivity index (χ4v) is 2.48. The lowest BCUT2D eigenvalue weighted by atomic mass is 9.77. The molecule has 0 aliphatic rings. The number of hydrogen-bond donors (Lipinski definition) is 0. The van der Waals surface area contributed by atoms with Gasteiger partial charge in [0.25, 0.3) is 0 Å². The second-order valence-electron chi connectivity index (χ2n) is 5.64. The van der Waals surface area contributed by atoms with Gasteiger partial charge in [-0.15, -0.1) is 0 Å². The van der Waals surface area contributed by atoms with Crippen molar-refractivity contribution in [2.45, 2.75) is 65.7 Å². The molecule has 0 spiro atoms. The molecular formula is C16H26ClN. The summed E-state index contributed by atoms with van der Waals surface area (Å²) in [6.07, 6.45) is 11.0. The molecule has 0 fully saturated rings. The van der Waals surface area contributed by atoms with Crippen LogP contribution < -0.4 is 0 Å². The second kappa shape index (κ2) is 7.78. The standard InChI is InChI=1S/C16H26ClN/c1-4-6-7-8-11-16(3,5-2)12-14-9-10-15(17)18-13-14/h9-10,13H,4-8,11-12H2,1-3H3. The predicted octanol–water partition coefficient (Wildman–Crippen LogP) is 5.66. The molecule has 0 N–H and O–H groups in total. The maximum absolute atomic E-state index is 5.82. The highest BCUT2D eigenvalue weighted by Crippen LogP contribution is 2.32. The largest absolute Gasteiger partial charge is 0.244 e. The molecule has 1 heterocycles. The molecule has 0 saturated heterocycles. The summed E-state index contributed by atoms with van der Waals surface area (Å²) in [5, 5.41) is 0.583. The van der Waals surface area contributed by atoms with Crippen LogP contribution in [0.25, 0.3) is 0 Å². The molecule has 0 aromatic carbocycles. The molecule has 102 valence electrons. The van der Waals surface area contributed by atoms with Crippen molar-refractivity contribution in [3.05, 3.63) is 29.0 Å². The minimum absolute atomic E-state index is 0.406. The quantitative estimate of drug-likeness (QED) is 0.437. The molecule has 1 aromatic rings. The van der Waals surface area contributed by atoms with Crippen molar-refractivity contribution in [3.63, 3.8) is 0 Å². The van der Waals surface area contributed by atoms with E-state index in [9.17, 15) is 0 Å². The van der Waals surface area contributed by atoms with E-state index in [1.165, 1.54) is 44.1 Å². The zero-order valence-electron chi connectivity index (χ0n) is 12.0. The SMILES string of the molecule is CCCCCCC(C)(CC)Cc1ccc(Cl)nc1. The first-order chi connectivity index (χ1) is 8.59. The van der Waals surface area contributed by atoms with Crippen LogP contribution in [0.1, 0.15) is 64.9 Å². The van der Waals surface area contributed by atoms with Gasteiger partial charge in [0.05, 0.1) is 0 Å². The third kappa shape index (κ3) is 5.39. The number of pyridine rings is 1. The van der Waals surface area contributed by atoms with Gasteiger partial charge in [0.2, 0.25) is 0 Å². The minimum atomic E-state index is 0.406. The minimum Gasteiger partial charge on any atom is -0.244 e. The number of hydrogen-bond acceptors (Lipinski definition) is 1. The number of halogens is 1. The van der Waals surface area contributed by atoms with Gasteiger partial charge in [0, 0.05) is 6.20 Å². The van der Waals surface area contributed by atoms with Crippen LogP contribution in [0.4, 0.5) is 0 Å². The topological polar surface area (TPSA) is 12.9 Å². The first kappa shape index (κ1) is 15.5. The summed E-state index contributed by atoms with van der Waals surface area (Å²) < 4.78 is 0. The van der Waals surface area contributed by atoms with E-state index < -0.39 is 0 Å². The van der Waals surface area contributed by atoms with E-state index in [1.807, 2.05) is 12.3 Å². The third-order valence-corrected chi connectivity index (χ3v) is 4.13. The smallest absolute Gasteiger partial charge is 0.129 e. The average molecular weight is 268 g/mol. The van der Waals surface area contributed by atoms with E-state index in [0.717, 1.165) is 6.42 Å². The number of rotatable bonds is 8. The zero-order valence-corrected chi connectivity index (χ0v) is 12.8. The second-order valence-corrected chi connectivity index (χ2v) is 6.03. The van der Waals surface area contributed by atoms with Crippen molar-refractivity contribution < 1.29 is 0 Å². The Kier molecular flexibility index (Phi) is 6.70. The highest BCUT2D eigenvalue weighted by atomic mass is 35.5. The fourth-order valence-electron chi connectivity index (χ4n) is 2.37. The molecular weight excluding hydrogens is 242 g/mol. The lowest BCUT2D eigenvalue weighted by Gasteiger charge is -2.28. The Balaban J connectivity index is 2.50. The van der Waals surface area contributed by atoms with Gasteiger partial charge in [-0.05, 0) is 29.9 Å². The molecule has 1 nitrogen and oxygen atoms in total. The molecule has 18 heavy (non-hydrogen) atoms. The summed E-state index contributed by atoms with van der Waals surface area (Å²) in [5.41, 5.74) is 1.71. The molecule has 0 bridgehead atoms. The molecule has 0 aliphatic heterocycles. The summed E-state index contributed by atoms with van der Waals surface area (Å²) in [7, 11) is 0. The molecule has 1 aromatic heterocycles. The van der Waals surface area contributed by atoms with Crippen LogP contribution in [0.3, 0.4) is 0 Å². The van der Waals surface area contributed by atoms with Crippen LogP contribution in [0.5, 0.6) is 0 Å². The van der Waals surface area contributed by atoms with E-state index >= 15 is 0 Å². The van der Waals surface area contributed by atoms with Crippen LogP contribution in [0.15, 0.2) is 18.3 Å². The van der Waals surface area contributed by atoms with Gasteiger partial charge in [-0.2, -0.15) is 0 Å². The summed E-state index contributed by atoms with van der Waals surface area (Å²) >= 11 is 5.82. The molecule has 0 radical (unpaired) electrons. The maximum Gasteiger partial charge on any atom is 0.129 e. The lowest BCUT2D eigenvalue weighted by Crippen LogP contribution is -2.18. The van der Waals surface area contributed by atoms with Crippen molar-refractivity contribution in [2.75, 3.05) is 0 Å².